The molecule has 0 aliphatic carbocycles. The lowest BCUT2D eigenvalue weighted by Gasteiger charge is -2.40. The molecule has 1 aromatic carbocycles. The van der Waals surface area contributed by atoms with Gasteiger partial charge in [-0.05, 0) is 43.6 Å². The average molecular weight is 417 g/mol. The first kappa shape index (κ1) is 23.8. The molecule has 0 fully saturated rings. The molecule has 0 saturated heterocycles. The summed E-state index contributed by atoms with van der Waals surface area (Å²) >= 11 is 0. The summed E-state index contributed by atoms with van der Waals surface area (Å²) in [5.74, 6) is -0.767. The molecule has 0 unspecified atom stereocenters. The predicted octanol–water partition coefficient (Wildman–Crippen LogP) is 4.04. The molecular formula is C19H32O6SSi. The van der Waals surface area contributed by atoms with Crippen molar-refractivity contribution < 1.29 is 26.6 Å². The molecule has 1 rings (SSSR count). The van der Waals surface area contributed by atoms with Crippen LogP contribution in [0.25, 0.3) is 0 Å². The zero-order chi connectivity index (χ0) is 21.0. The quantitative estimate of drug-likeness (QED) is 0.361. The maximum atomic E-state index is 12.7. The van der Waals surface area contributed by atoms with Gasteiger partial charge in [0.25, 0.3) is 10.1 Å². The maximum Gasteiger partial charge on any atom is 0.339 e. The molecule has 0 radical (unpaired) electrons. The number of carbonyl (C=O) groups is 1. The second-order valence-corrected chi connectivity index (χ2v) is 14.5. The first-order valence-corrected chi connectivity index (χ1v) is 13.3. The van der Waals surface area contributed by atoms with Gasteiger partial charge in [-0.15, -0.1) is 0 Å². The summed E-state index contributed by atoms with van der Waals surface area (Å²) in [4.78, 5) is 12.3. The van der Waals surface area contributed by atoms with Crippen molar-refractivity contribution in [2.75, 3.05) is 7.11 Å². The van der Waals surface area contributed by atoms with E-state index in [1.54, 1.807) is 12.1 Å². The van der Waals surface area contributed by atoms with Gasteiger partial charge < -0.3 is 9.16 Å². The second kappa shape index (κ2) is 8.85. The fourth-order valence-corrected chi connectivity index (χ4v) is 4.64. The topological polar surface area (TPSA) is 78.9 Å². The van der Waals surface area contributed by atoms with Gasteiger partial charge in [-0.1, -0.05) is 45.4 Å². The number of carbonyl (C=O) groups excluding carboxylic acids is 1. The molecule has 0 aromatic heterocycles. The lowest BCUT2D eigenvalue weighted by Crippen LogP contribution is -2.50. The SMILES string of the molecule is CC[C@H](O[Si](C)(C)C(C)(C)C)[C@@H](OS(=O)(=O)c1ccc(C)cc1)C(=O)OC. The van der Waals surface area contributed by atoms with Gasteiger partial charge in [0, 0.05) is 0 Å². The minimum absolute atomic E-state index is 0.0100. The Kier molecular flexibility index (Phi) is 7.81. The van der Waals surface area contributed by atoms with Crippen LogP contribution in [0.2, 0.25) is 18.1 Å². The Morgan fingerprint density at radius 2 is 1.67 bits per heavy atom. The zero-order valence-corrected chi connectivity index (χ0v) is 19.3. The summed E-state index contributed by atoms with van der Waals surface area (Å²) in [5.41, 5.74) is 0.922. The third-order valence-corrected chi connectivity index (χ3v) is 10.8. The van der Waals surface area contributed by atoms with Crippen LogP contribution in [0.4, 0.5) is 0 Å². The van der Waals surface area contributed by atoms with Crippen LogP contribution in [0.15, 0.2) is 29.2 Å². The lowest BCUT2D eigenvalue weighted by atomic mass is 10.1. The highest BCUT2D eigenvalue weighted by atomic mass is 32.2. The van der Waals surface area contributed by atoms with Crippen LogP contribution in [-0.4, -0.2) is 42.0 Å². The van der Waals surface area contributed by atoms with Crippen LogP contribution in [0.3, 0.4) is 0 Å². The number of hydrogen-bond donors (Lipinski definition) is 0. The van der Waals surface area contributed by atoms with E-state index in [1.807, 2.05) is 26.9 Å². The average Bonchev–Trinajstić information content (AvgIpc) is 2.56. The summed E-state index contributed by atoms with van der Waals surface area (Å²) in [6.07, 6.45) is -1.67. The van der Waals surface area contributed by atoms with E-state index in [0.717, 1.165) is 5.56 Å². The summed E-state index contributed by atoms with van der Waals surface area (Å²) in [7, 11) is -5.19. The van der Waals surface area contributed by atoms with E-state index in [0.29, 0.717) is 6.42 Å². The Morgan fingerprint density at radius 1 is 1.15 bits per heavy atom. The Bertz CT molecular complexity index is 734. The van der Waals surface area contributed by atoms with E-state index >= 15 is 0 Å². The Morgan fingerprint density at radius 3 is 2.07 bits per heavy atom. The van der Waals surface area contributed by atoms with Crippen LogP contribution in [0, 0.1) is 6.92 Å². The monoisotopic (exact) mass is 416 g/mol. The number of aryl methyl sites for hydroxylation is 1. The minimum Gasteiger partial charge on any atom is -0.467 e. The highest BCUT2D eigenvalue weighted by molar-refractivity contribution is 7.86. The van der Waals surface area contributed by atoms with Gasteiger partial charge in [0.2, 0.25) is 0 Å². The van der Waals surface area contributed by atoms with Gasteiger partial charge in [-0.3, -0.25) is 0 Å². The van der Waals surface area contributed by atoms with Gasteiger partial charge in [0.1, 0.15) is 0 Å². The standard InChI is InChI=1S/C19H32O6SSi/c1-9-16(25-27(7,8)19(3,4)5)17(18(20)23-6)24-26(21,22)15-12-10-14(2)11-13-15/h10-13,16-17H,9H2,1-8H3/t16-,17+/m0/s1. The zero-order valence-electron chi connectivity index (χ0n) is 17.5. The Balaban J connectivity index is 3.20. The van der Waals surface area contributed by atoms with Crippen LogP contribution >= 0.6 is 0 Å². The molecular weight excluding hydrogens is 384 g/mol. The van der Waals surface area contributed by atoms with Crippen molar-refractivity contribution in [3.05, 3.63) is 29.8 Å². The van der Waals surface area contributed by atoms with Crippen molar-refractivity contribution in [3.8, 4) is 0 Å². The van der Waals surface area contributed by atoms with E-state index in [2.05, 4.69) is 20.8 Å². The summed E-state index contributed by atoms with van der Waals surface area (Å²) in [5, 5.41) is -0.100. The highest BCUT2D eigenvalue weighted by Crippen LogP contribution is 2.38. The van der Waals surface area contributed by atoms with Gasteiger partial charge >= 0.3 is 5.97 Å². The molecule has 0 bridgehead atoms. The van der Waals surface area contributed by atoms with Crippen molar-refractivity contribution in [3.63, 3.8) is 0 Å². The normalized spacial score (nSPS) is 15.3. The maximum absolute atomic E-state index is 12.7. The van der Waals surface area contributed by atoms with Gasteiger partial charge in [-0.2, -0.15) is 8.42 Å². The first-order valence-electron chi connectivity index (χ1n) is 9.00. The predicted molar refractivity (Wildman–Crippen MR) is 108 cm³/mol. The molecule has 27 heavy (non-hydrogen) atoms. The molecule has 0 heterocycles. The van der Waals surface area contributed by atoms with Crippen molar-refractivity contribution in [2.24, 2.45) is 0 Å². The van der Waals surface area contributed by atoms with Crippen LogP contribution < -0.4 is 0 Å². The van der Waals surface area contributed by atoms with Crippen molar-refractivity contribution in [1.29, 1.82) is 0 Å². The second-order valence-electron chi connectivity index (χ2n) is 8.13. The van der Waals surface area contributed by atoms with E-state index in [4.69, 9.17) is 13.3 Å². The third kappa shape index (κ3) is 6.13. The summed E-state index contributed by atoms with van der Waals surface area (Å²) < 4.78 is 41.8. The van der Waals surface area contributed by atoms with Crippen molar-refractivity contribution in [2.45, 2.75) is 76.3 Å². The minimum atomic E-state index is -4.14. The fourth-order valence-electron chi connectivity index (χ4n) is 2.18. The highest BCUT2D eigenvalue weighted by Gasteiger charge is 2.43. The molecule has 0 aliphatic heterocycles. The third-order valence-electron chi connectivity index (χ3n) is 4.97. The molecule has 0 aliphatic rings. The van der Waals surface area contributed by atoms with E-state index in [-0.39, 0.29) is 9.93 Å². The molecule has 8 heteroatoms. The fraction of sp³-hybridized carbons (Fsp3) is 0.632. The Labute approximate surface area is 164 Å². The van der Waals surface area contributed by atoms with Crippen LogP contribution in [0.1, 0.15) is 39.7 Å². The molecule has 0 N–H and O–H groups in total. The summed E-state index contributed by atoms with van der Waals surface area (Å²) in [6, 6.07) is 6.25. The number of rotatable bonds is 8. The molecule has 0 spiro atoms. The summed E-state index contributed by atoms with van der Waals surface area (Å²) in [6.45, 7) is 14.0. The number of benzene rings is 1. The molecule has 6 nitrogen and oxygen atoms in total. The van der Waals surface area contributed by atoms with E-state index in [9.17, 15) is 13.2 Å². The smallest absolute Gasteiger partial charge is 0.339 e. The van der Waals surface area contributed by atoms with Gasteiger partial charge in [-0.25, -0.2) is 8.98 Å². The number of esters is 1. The van der Waals surface area contributed by atoms with E-state index < -0.39 is 36.6 Å². The van der Waals surface area contributed by atoms with Crippen LogP contribution in [0.5, 0.6) is 0 Å². The molecule has 2 atom stereocenters. The first-order chi connectivity index (χ1) is 12.2. The van der Waals surface area contributed by atoms with Crippen molar-refractivity contribution in [1.82, 2.24) is 0 Å². The largest absolute Gasteiger partial charge is 0.467 e. The van der Waals surface area contributed by atoms with Gasteiger partial charge in [0.05, 0.1) is 18.1 Å². The molecule has 0 amide bonds. The molecule has 154 valence electrons. The number of hydrogen-bond acceptors (Lipinski definition) is 6. The van der Waals surface area contributed by atoms with E-state index in [1.165, 1.54) is 19.2 Å². The van der Waals surface area contributed by atoms with Crippen LogP contribution in [-0.2, 0) is 28.3 Å². The molecule has 0 saturated carbocycles. The number of methoxy groups -OCH3 is 1. The van der Waals surface area contributed by atoms with Crippen molar-refractivity contribution >= 4 is 24.4 Å². The lowest BCUT2D eigenvalue weighted by molar-refractivity contribution is -0.153. The molecule has 1 aromatic rings. The number of ether oxygens (including phenoxy) is 1. The van der Waals surface area contributed by atoms with Gasteiger partial charge in [0.15, 0.2) is 14.4 Å². The Hall–Kier alpha value is -1.22.